The number of ether oxygens (including phenoxy) is 1. The van der Waals surface area contributed by atoms with Crippen molar-refractivity contribution >= 4 is 23.4 Å². The quantitative estimate of drug-likeness (QED) is 0.693. The van der Waals surface area contributed by atoms with E-state index < -0.39 is 0 Å². The second-order valence-electron chi connectivity index (χ2n) is 7.36. The molecule has 1 atom stereocenters. The Hall–Kier alpha value is -2.38. The Balaban J connectivity index is 1.62. The molecule has 8 heteroatoms. The van der Waals surface area contributed by atoms with Gasteiger partial charge >= 0.3 is 0 Å². The summed E-state index contributed by atoms with van der Waals surface area (Å²) in [5.41, 5.74) is 1.47. The number of hydrogen-bond donors (Lipinski definition) is 0. The number of carbonyl (C=O) groups is 2. The highest BCUT2D eigenvalue weighted by Gasteiger charge is 2.30. The summed E-state index contributed by atoms with van der Waals surface area (Å²) in [4.78, 5) is 29.0. The number of piperidine rings is 1. The standard InChI is InChI=1S/C21H27ClN4O3/c1-24(10-11-29-2)20(27)17-7-5-9-25(13-17)21(28)18-12-23-26(15-18)14-16-6-3-4-8-19(16)22/h3-4,6,8,12,15,17H,5,7,9-11,13-14H2,1-2H3/t17-/m1/s1. The minimum absolute atomic E-state index is 0.0639. The number of hydrogen-bond acceptors (Lipinski definition) is 4. The Morgan fingerprint density at radius 1 is 1.34 bits per heavy atom. The number of benzene rings is 1. The third-order valence-electron chi connectivity index (χ3n) is 5.24. The van der Waals surface area contributed by atoms with E-state index in [1.807, 2.05) is 24.3 Å². The van der Waals surface area contributed by atoms with Crippen LogP contribution in [0.4, 0.5) is 0 Å². The molecule has 0 N–H and O–H groups in total. The van der Waals surface area contributed by atoms with E-state index >= 15 is 0 Å². The number of likely N-dealkylation sites (tertiary alicyclic amines) is 1. The van der Waals surface area contributed by atoms with Gasteiger partial charge in [0.1, 0.15) is 0 Å². The monoisotopic (exact) mass is 418 g/mol. The lowest BCUT2D eigenvalue weighted by Gasteiger charge is -2.33. The molecule has 1 aromatic heterocycles. The van der Waals surface area contributed by atoms with Crippen LogP contribution in [-0.4, -0.2) is 71.8 Å². The summed E-state index contributed by atoms with van der Waals surface area (Å²) in [5.74, 6) is -0.200. The number of halogens is 1. The summed E-state index contributed by atoms with van der Waals surface area (Å²) < 4.78 is 6.75. The number of rotatable bonds is 7. The van der Waals surface area contributed by atoms with Gasteiger partial charge in [0.2, 0.25) is 5.91 Å². The molecule has 156 valence electrons. The van der Waals surface area contributed by atoms with Gasteiger partial charge in [0.05, 0.1) is 30.8 Å². The molecule has 2 heterocycles. The molecule has 1 fully saturated rings. The molecule has 0 unspecified atom stereocenters. The highest BCUT2D eigenvalue weighted by Crippen LogP contribution is 2.21. The summed E-state index contributed by atoms with van der Waals surface area (Å²) in [6, 6.07) is 7.57. The molecule has 7 nitrogen and oxygen atoms in total. The van der Waals surface area contributed by atoms with Crippen molar-refractivity contribution in [2.45, 2.75) is 19.4 Å². The van der Waals surface area contributed by atoms with E-state index in [1.54, 1.807) is 41.0 Å². The Bertz CT molecular complexity index is 854. The zero-order chi connectivity index (χ0) is 20.8. The van der Waals surface area contributed by atoms with Crippen LogP contribution in [-0.2, 0) is 16.1 Å². The fourth-order valence-electron chi connectivity index (χ4n) is 3.56. The first-order valence-electron chi connectivity index (χ1n) is 9.78. The first-order valence-corrected chi connectivity index (χ1v) is 10.2. The van der Waals surface area contributed by atoms with Gasteiger partial charge in [-0.2, -0.15) is 5.10 Å². The molecule has 0 aliphatic carbocycles. The Kier molecular flexibility index (Phi) is 7.28. The average molecular weight is 419 g/mol. The van der Waals surface area contributed by atoms with Crippen LogP contribution < -0.4 is 0 Å². The van der Waals surface area contributed by atoms with Gasteiger partial charge in [0.15, 0.2) is 0 Å². The van der Waals surface area contributed by atoms with Crippen LogP contribution in [0.3, 0.4) is 0 Å². The second-order valence-corrected chi connectivity index (χ2v) is 7.77. The topological polar surface area (TPSA) is 67.7 Å². The van der Waals surface area contributed by atoms with Gasteiger partial charge < -0.3 is 14.5 Å². The number of aromatic nitrogens is 2. The first kappa shape index (κ1) is 21.3. The number of amides is 2. The molecule has 1 aliphatic heterocycles. The summed E-state index contributed by atoms with van der Waals surface area (Å²) in [6.45, 7) is 2.64. The van der Waals surface area contributed by atoms with Crippen LogP contribution in [0.25, 0.3) is 0 Å². The van der Waals surface area contributed by atoms with Gasteiger partial charge in [-0.15, -0.1) is 0 Å². The fraction of sp³-hybridized carbons (Fsp3) is 0.476. The van der Waals surface area contributed by atoms with Crippen molar-refractivity contribution in [1.29, 1.82) is 0 Å². The lowest BCUT2D eigenvalue weighted by molar-refractivity contribution is -0.136. The lowest BCUT2D eigenvalue weighted by Crippen LogP contribution is -2.46. The third-order valence-corrected chi connectivity index (χ3v) is 5.60. The lowest BCUT2D eigenvalue weighted by atomic mass is 9.96. The van der Waals surface area contributed by atoms with Gasteiger partial charge in [0, 0.05) is 45.0 Å². The number of likely N-dealkylation sites (N-methyl/N-ethyl adjacent to an activating group) is 1. The molecule has 2 aromatic rings. The van der Waals surface area contributed by atoms with Crippen molar-refractivity contribution < 1.29 is 14.3 Å². The molecule has 1 aliphatic rings. The van der Waals surface area contributed by atoms with Crippen molar-refractivity contribution in [1.82, 2.24) is 19.6 Å². The molecule has 2 amide bonds. The van der Waals surface area contributed by atoms with E-state index in [9.17, 15) is 9.59 Å². The molecular weight excluding hydrogens is 392 g/mol. The normalized spacial score (nSPS) is 16.7. The number of nitrogens with zero attached hydrogens (tertiary/aromatic N) is 4. The van der Waals surface area contributed by atoms with Crippen LogP contribution in [0.5, 0.6) is 0 Å². The fourth-order valence-corrected chi connectivity index (χ4v) is 3.75. The maximum Gasteiger partial charge on any atom is 0.257 e. The van der Waals surface area contributed by atoms with Crippen molar-refractivity contribution in [3.8, 4) is 0 Å². The van der Waals surface area contributed by atoms with Gasteiger partial charge in [0.25, 0.3) is 5.91 Å². The number of carbonyl (C=O) groups excluding carboxylic acids is 2. The minimum atomic E-state index is -0.173. The molecule has 1 aromatic carbocycles. The molecule has 3 rings (SSSR count). The predicted molar refractivity (Wildman–Crippen MR) is 111 cm³/mol. The van der Waals surface area contributed by atoms with Gasteiger partial charge in [-0.3, -0.25) is 14.3 Å². The van der Waals surface area contributed by atoms with Gasteiger partial charge in [-0.1, -0.05) is 29.8 Å². The maximum absolute atomic E-state index is 12.9. The van der Waals surface area contributed by atoms with E-state index in [1.165, 1.54) is 0 Å². The Morgan fingerprint density at radius 2 is 2.14 bits per heavy atom. The number of methoxy groups -OCH3 is 1. The zero-order valence-corrected chi connectivity index (χ0v) is 17.6. The average Bonchev–Trinajstić information content (AvgIpc) is 3.21. The van der Waals surface area contributed by atoms with Crippen molar-refractivity contribution in [2.24, 2.45) is 5.92 Å². The molecule has 0 saturated carbocycles. The highest BCUT2D eigenvalue weighted by atomic mass is 35.5. The zero-order valence-electron chi connectivity index (χ0n) is 16.9. The van der Waals surface area contributed by atoms with Crippen LogP contribution >= 0.6 is 11.6 Å². The summed E-state index contributed by atoms with van der Waals surface area (Å²) in [5, 5.41) is 4.98. The van der Waals surface area contributed by atoms with Crippen LogP contribution in [0, 0.1) is 5.92 Å². The van der Waals surface area contributed by atoms with Gasteiger partial charge in [-0.05, 0) is 24.5 Å². The summed E-state index contributed by atoms with van der Waals surface area (Å²) in [7, 11) is 3.39. The van der Waals surface area contributed by atoms with Crippen LogP contribution in [0.1, 0.15) is 28.8 Å². The van der Waals surface area contributed by atoms with E-state index in [2.05, 4.69) is 5.10 Å². The van der Waals surface area contributed by atoms with E-state index in [4.69, 9.17) is 16.3 Å². The summed E-state index contributed by atoms with van der Waals surface area (Å²) in [6.07, 6.45) is 4.93. The molecule has 1 saturated heterocycles. The molecular formula is C21H27ClN4O3. The smallest absolute Gasteiger partial charge is 0.257 e. The predicted octanol–water partition coefficient (Wildman–Crippen LogP) is 2.54. The first-order chi connectivity index (χ1) is 14.0. The third kappa shape index (κ3) is 5.36. The molecule has 0 spiro atoms. The van der Waals surface area contributed by atoms with Crippen molar-refractivity contribution in [3.05, 3.63) is 52.8 Å². The largest absolute Gasteiger partial charge is 0.383 e. The molecule has 0 radical (unpaired) electrons. The van der Waals surface area contributed by atoms with E-state index in [0.29, 0.717) is 43.4 Å². The highest BCUT2D eigenvalue weighted by molar-refractivity contribution is 6.31. The maximum atomic E-state index is 12.9. The van der Waals surface area contributed by atoms with Crippen LogP contribution in [0.15, 0.2) is 36.7 Å². The SMILES string of the molecule is COCCN(C)C(=O)[C@@H]1CCCN(C(=O)c2cnn(Cc3ccccc3Cl)c2)C1. The molecule has 0 bridgehead atoms. The van der Waals surface area contributed by atoms with Crippen LogP contribution in [0.2, 0.25) is 5.02 Å². The van der Waals surface area contributed by atoms with E-state index in [-0.39, 0.29) is 17.7 Å². The Labute approximate surface area is 176 Å². The van der Waals surface area contributed by atoms with Crippen molar-refractivity contribution in [3.63, 3.8) is 0 Å². The minimum Gasteiger partial charge on any atom is -0.383 e. The summed E-state index contributed by atoms with van der Waals surface area (Å²) >= 11 is 6.21. The Morgan fingerprint density at radius 3 is 2.90 bits per heavy atom. The van der Waals surface area contributed by atoms with Gasteiger partial charge in [-0.25, -0.2) is 0 Å². The molecule has 29 heavy (non-hydrogen) atoms. The second kappa shape index (κ2) is 9.89. The van der Waals surface area contributed by atoms with E-state index in [0.717, 1.165) is 18.4 Å². The van der Waals surface area contributed by atoms with Crippen molar-refractivity contribution in [2.75, 3.05) is 40.4 Å².